The quantitative estimate of drug-likeness (QED) is 0.910. The van der Waals surface area contributed by atoms with E-state index in [1.54, 1.807) is 12.3 Å². The molecule has 1 N–H and O–H groups in total. The molecule has 1 aromatic carbocycles. The Hall–Kier alpha value is -1.94. The number of aromatic hydroxyl groups is 1. The van der Waals surface area contributed by atoms with Crippen LogP contribution in [0.3, 0.4) is 0 Å². The third-order valence-corrected chi connectivity index (χ3v) is 3.95. The molecule has 0 radical (unpaired) electrons. The number of pyridine rings is 1. The van der Waals surface area contributed by atoms with Gasteiger partial charge in [0.2, 0.25) is 0 Å². The van der Waals surface area contributed by atoms with Gasteiger partial charge in [0.05, 0.1) is 0 Å². The van der Waals surface area contributed by atoms with E-state index in [1.165, 1.54) is 18.6 Å². The predicted octanol–water partition coefficient (Wildman–Crippen LogP) is 3.36. The van der Waals surface area contributed by atoms with Crippen molar-refractivity contribution < 1.29 is 9.50 Å². The van der Waals surface area contributed by atoms with Crippen LogP contribution in [0.15, 0.2) is 36.7 Å². The van der Waals surface area contributed by atoms with Crippen molar-refractivity contribution in [2.75, 3.05) is 13.6 Å². The van der Waals surface area contributed by atoms with Crippen LogP contribution in [-0.4, -0.2) is 28.6 Å². The molecular formula is C16H17FN2O. The molecule has 0 spiro atoms. The highest BCUT2D eigenvalue weighted by Crippen LogP contribution is 2.32. The van der Waals surface area contributed by atoms with E-state index in [1.807, 2.05) is 6.20 Å². The molecule has 1 fully saturated rings. The van der Waals surface area contributed by atoms with Crippen molar-refractivity contribution in [2.24, 2.45) is 0 Å². The fourth-order valence-corrected chi connectivity index (χ4v) is 2.82. The standard InChI is InChI=1S/C16H17FN2O/c1-19-6-2-3-15(19)13-7-12(9-18-10-13)11-4-5-16(20)14(17)8-11/h4-5,7-10,15,20H,2-3,6H2,1H3. The summed E-state index contributed by atoms with van der Waals surface area (Å²) in [6.45, 7) is 1.10. The maximum Gasteiger partial charge on any atom is 0.165 e. The van der Waals surface area contributed by atoms with Crippen molar-refractivity contribution in [3.8, 4) is 16.9 Å². The zero-order chi connectivity index (χ0) is 14.1. The second kappa shape index (κ2) is 5.21. The number of hydrogen-bond donors (Lipinski definition) is 1. The SMILES string of the molecule is CN1CCCC1c1cncc(-c2ccc(O)c(F)c2)c1. The molecule has 4 heteroatoms. The summed E-state index contributed by atoms with van der Waals surface area (Å²) >= 11 is 0. The minimum absolute atomic E-state index is 0.326. The number of phenolic OH excluding ortho intramolecular Hbond substituents is 1. The van der Waals surface area contributed by atoms with Gasteiger partial charge in [0.15, 0.2) is 11.6 Å². The zero-order valence-corrected chi connectivity index (χ0v) is 11.4. The summed E-state index contributed by atoms with van der Waals surface area (Å²) in [5.41, 5.74) is 2.77. The minimum Gasteiger partial charge on any atom is -0.505 e. The monoisotopic (exact) mass is 272 g/mol. The fraction of sp³-hybridized carbons (Fsp3) is 0.312. The Morgan fingerprint density at radius 3 is 2.80 bits per heavy atom. The van der Waals surface area contributed by atoms with Gasteiger partial charge in [-0.2, -0.15) is 0 Å². The third kappa shape index (κ3) is 2.39. The predicted molar refractivity (Wildman–Crippen MR) is 75.9 cm³/mol. The maximum atomic E-state index is 13.4. The normalized spacial score (nSPS) is 19.4. The number of nitrogens with zero attached hydrogens (tertiary/aromatic N) is 2. The molecule has 1 atom stereocenters. The Kier molecular flexibility index (Phi) is 3.40. The van der Waals surface area contributed by atoms with Crippen LogP contribution in [0, 0.1) is 5.82 Å². The summed E-state index contributed by atoms with van der Waals surface area (Å²) in [6, 6.07) is 6.88. The Morgan fingerprint density at radius 2 is 2.10 bits per heavy atom. The second-order valence-electron chi connectivity index (χ2n) is 5.31. The molecule has 2 heterocycles. The number of phenols is 1. The Morgan fingerprint density at radius 1 is 1.25 bits per heavy atom. The Bertz CT molecular complexity index is 630. The van der Waals surface area contributed by atoms with Gasteiger partial charge in [-0.3, -0.25) is 9.88 Å². The van der Waals surface area contributed by atoms with E-state index in [4.69, 9.17) is 0 Å². The summed E-state index contributed by atoms with van der Waals surface area (Å²) in [6.07, 6.45) is 5.93. The largest absolute Gasteiger partial charge is 0.505 e. The second-order valence-corrected chi connectivity index (χ2v) is 5.31. The van der Waals surface area contributed by atoms with Gasteiger partial charge in [-0.05, 0) is 55.8 Å². The van der Waals surface area contributed by atoms with Crippen LogP contribution >= 0.6 is 0 Å². The van der Waals surface area contributed by atoms with Gasteiger partial charge in [-0.25, -0.2) is 4.39 Å². The molecule has 104 valence electrons. The van der Waals surface area contributed by atoms with Crippen LogP contribution in [0.4, 0.5) is 4.39 Å². The van der Waals surface area contributed by atoms with Crippen molar-refractivity contribution in [1.82, 2.24) is 9.88 Å². The molecule has 1 aromatic heterocycles. The third-order valence-electron chi connectivity index (χ3n) is 3.95. The lowest BCUT2D eigenvalue weighted by Gasteiger charge is -2.20. The first-order chi connectivity index (χ1) is 9.65. The van der Waals surface area contributed by atoms with E-state index in [0.29, 0.717) is 6.04 Å². The van der Waals surface area contributed by atoms with E-state index in [9.17, 15) is 9.50 Å². The number of halogens is 1. The van der Waals surface area contributed by atoms with Crippen LogP contribution in [0.1, 0.15) is 24.4 Å². The smallest absolute Gasteiger partial charge is 0.165 e. The lowest BCUT2D eigenvalue weighted by atomic mass is 10.0. The molecule has 0 saturated carbocycles. The van der Waals surface area contributed by atoms with Crippen molar-refractivity contribution in [3.63, 3.8) is 0 Å². The van der Waals surface area contributed by atoms with Crippen molar-refractivity contribution in [2.45, 2.75) is 18.9 Å². The highest BCUT2D eigenvalue weighted by atomic mass is 19.1. The van der Waals surface area contributed by atoms with Crippen LogP contribution in [0.2, 0.25) is 0 Å². The summed E-state index contributed by atoms with van der Waals surface area (Å²) in [5, 5.41) is 9.26. The number of rotatable bonds is 2. The molecule has 3 nitrogen and oxygen atoms in total. The fourth-order valence-electron chi connectivity index (χ4n) is 2.82. The molecule has 0 aliphatic carbocycles. The van der Waals surface area contributed by atoms with Gasteiger partial charge in [0.25, 0.3) is 0 Å². The molecule has 2 aromatic rings. The highest BCUT2D eigenvalue weighted by molar-refractivity contribution is 5.64. The summed E-state index contributed by atoms with van der Waals surface area (Å²) < 4.78 is 13.4. The molecule has 1 aliphatic heterocycles. The molecule has 20 heavy (non-hydrogen) atoms. The van der Waals surface area contributed by atoms with E-state index in [2.05, 4.69) is 23.0 Å². The van der Waals surface area contributed by atoms with Crippen LogP contribution < -0.4 is 0 Å². The van der Waals surface area contributed by atoms with Gasteiger partial charge >= 0.3 is 0 Å². The average Bonchev–Trinajstić information content (AvgIpc) is 2.88. The Balaban J connectivity index is 1.96. The zero-order valence-electron chi connectivity index (χ0n) is 11.4. The molecule has 1 saturated heterocycles. The van der Waals surface area contributed by atoms with E-state index >= 15 is 0 Å². The summed E-state index contributed by atoms with van der Waals surface area (Å²) in [7, 11) is 2.12. The van der Waals surface area contributed by atoms with Gasteiger partial charge in [0.1, 0.15) is 0 Å². The van der Waals surface area contributed by atoms with E-state index in [0.717, 1.165) is 29.7 Å². The first-order valence-corrected chi connectivity index (χ1v) is 6.79. The molecule has 0 bridgehead atoms. The molecule has 1 aliphatic rings. The minimum atomic E-state index is -0.606. The summed E-state index contributed by atoms with van der Waals surface area (Å²) in [4.78, 5) is 6.60. The topological polar surface area (TPSA) is 36.4 Å². The van der Waals surface area contributed by atoms with Gasteiger partial charge < -0.3 is 5.11 Å². The molecule has 1 unspecified atom stereocenters. The average molecular weight is 272 g/mol. The molecule has 3 rings (SSSR count). The maximum absolute atomic E-state index is 13.4. The molecular weight excluding hydrogens is 255 g/mol. The summed E-state index contributed by atoms with van der Waals surface area (Å²) in [5.74, 6) is -0.931. The molecule has 0 amide bonds. The Labute approximate surface area is 117 Å². The van der Waals surface area contributed by atoms with Crippen LogP contribution in [0.25, 0.3) is 11.1 Å². The van der Waals surface area contributed by atoms with Crippen molar-refractivity contribution in [1.29, 1.82) is 0 Å². The lowest BCUT2D eigenvalue weighted by molar-refractivity contribution is 0.317. The van der Waals surface area contributed by atoms with Crippen LogP contribution in [-0.2, 0) is 0 Å². The van der Waals surface area contributed by atoms with Crippen LogP contribution in [0.5, 0.6) is 5.75 Å². The first kappa shape index (κ1) is 13.1. The van der Waals surface area contributed by atoms with E-state index < -0.39 is 5.82 Å². The lowest BCUT2D eigenvalue weighted by Crippen LogP contribution is -2.17. The number of benzene rings is 1. The highest BCUT2D eigenvalue weighted by Gasteiger charge is 2.23. The van der Waals surface area contributed by atoms with Gasteiger partial charge in [-0.15, -0.1) is 0 Å². The number of likely N-dealkylation sites (tertiary alicyclic amines) is 1. The number of aromatic nitrogens is 1. The first-order valence-electron chi connectivity index (χ1n) is 6.79. The van der Waals surface area contributed by atoms with Crippen molar-refractivity contribution in [3.05, 3.63) is 48.0 Å². The van der Waals surface area contributed by atoms with Gasteiger partial charge in [-0.1, -0.05) is 6.07 Å². The van der Waals surface area contributed by atoms with Gasteiger partial charge in [0, 0.05) is 24.0 Å². The number of hydrogen-bond acceptors (Lipinski definition) is 3. The van der Waals surface area contributed by atoms with E-state index in [-0.39, 0.29) is 5.75 Å². The van der Waals surface area contributed by atoms with Crippen molar-refractivity contribution >= 4 is 0 Å².